The third kappa shape index (κ3) is 3.93. The van der Waals surface area contributed by atoms with Crippen molar-refractivity contribution in [1.82, 2.24) is 10.3 Å². The maximum atomic E-state index is 6.18. The minimum Gasteiger partial charge on any atom is -0.496 e. The fourth-order valence-corrected chi connectivity index (χ4v) is 2.84. The van der Waals surface area contributed by atoms with E-state index in [1.807, 2.05) is 25.1 Å². The van der Waals surface area contributed by atoms with E-state index in [-0.39, 0.29) is 0 Å². The Morgan fingerprint density at radius 1 is 1.42 bits per heavy atom. The van der Waals surface area contributed by atoms with E-state index in [4.69, 9.17) is 16.3 Å². The second kappa shape index (κ2) is 6.89. The summed E-state index contributed by atoms with van der Waals surface area (Å²) in [7, 11) is 1.66. The normalized spacial score (nSPS) is 10.7. The Morgan fingerprint density at radius 3 is 2.95 bits per heavy atom. The lowest BCUT2D eigenvalue weighted by Gasteiger charge is -2.10. The summed E-state index contributed by atoms with van der Waals surface area (Å²) < 4.78 is 5.31. The fraction of sp³-hybridized carbons (Fsp3) is 0.357. The lowest BCUT2D eigenvalue weighted by Crippen LogP contribution is -2.17. The van der Waals surface area contributed by atoms with Crippen LogP contribution in [0.3, 0.4) is 0 Å². The molecule has 0 unspecified atom stereocenters. The molecule has 0 atom stereocenters. The Labute approximate surface area is 122 Å². The molecule has 0 saturated heterocycles. The maximum Gasteiger partial charge on any atom is 0.124 e. The van der Waals surface area contributed by atoms with Gasteiger partial charge in [-0.2, -0.15) is 0 Å². The van der Waals surface area contributed by atoms with Gasteiger partial charge in [0.2, 0.25) is 0 Å². The Morgan fingerprint density at radius 2 is 2.26 bits per heavy atom. The van der Waals surface area contributed by atoms with Crippen molar-refractivity contribution in [2.45, 2.75) is 19.9 Å². The third-order valence-electron chi connectivity index (χ3n) is 2.78. The van der Waals surface area contributed by atoms with Crippen LogP contribution in [-0.2, 0) is 13.0 Å². The molecule has 1 aromatic carbocycles. The number of aromatic nitrogens is 1. The molecule has 1 heterocycles. The molecule has 102 valence electrons. The standard InChI is InChI=1S/C14H17ClN2OS/c1-10-9-19-14(17-10)6-7-16-8-11-12(15)4-3-5-13(11)18-2/h3-5,9,16H,6-8H2,1-2H3. The number of thiazole rings is 1. The summed E-state index contributed by atoms with van der Waals surface area (Å²) in [6.45, 7) is 3.59. The van der Waals surface area contributed by atoms with Crippen LogP contribution >= 0.6 is 22.9 Å². The summed E-state index contributed by atoms with van der Waals surface area (Å²) in [6, 6.07) is 5.70. The van der Waals surface area contributed by atoms with Gasteiger partial charge in [-0.15, -0.1) is 11.3 Å². The summed E-state index contributed by atoms with van der Waals surface area (Å²) in [6.07, 6.45) is 0.936. The van der Waals surface area contributed by atoms with Crippen molar-refractivity contribution in [1.29, 1.82) is 0 Å². The van der Waals surface area contributed by atoms with Crippen LogP contribution in [0.5, 0.6) is 5.75 Å². The molecule has 0 aliphatic heterocycles. The molecule has 0 saturated carbocycles. The predicted octanol–water partition coefficient (Wildman–Crippen LogP) is 3.45. The number of nitrogens with one attached hydrogen (secondary N) is 1. The Bertz CT molecular complexity index is 542. The zero-order valence-electron chi connectivity index (χ0n) is 11.1. The molecule has 1 N–H and O–H groups in total. The van der Waals surface area contributed by atoms with Gasteiger partial charge in [0.25, 0.3) is 0 Å². The van der Waals surface area contributed by atoms with Gasteiger partial charge in [0.1, 0.15) is 5.75 Å². The number of aryl methyl sites for hydroxylation is 1. The number of hydrogen-bond donors (Lipinski definition) is 1. The average Bonchev–Trinajstić information content (AvgIpc) is 2.81. The second-order valence-electron chi connectivity index (χ2n) is 4.23. The van der Waals surface area contributed by atoms with Crippen LogP contribution in [0.25, 0.3) is 0 Å². The minimum atomic E-state index is 0.702. The van der Waals surface area contributed by atoms with Crippen LogP contribution in [-0.4, -0.2) is 18.6 Å². The van der Waals surface area contributed by atoms with Crippen molar-refractivity contribution in [3.05, 3.63) is 44.9 Å². The van der Waals surface area contributed by atoms with Crippen LogP contribution in [0.1, 0.15) is 16.3 Å². The number of halogens is 1. The number of rotatable bonds is 6. The van der Waals surface area contributed by atoms with Gasteiger partial charge in [-0.05, 0) is 19.1 Å². The summed E-state index contributed by atoms with van der Waals surface area (Å²) in [5.41, 5.74) is 2.09. The molecule has 2 rings (SSSR count). The highest BCUT2D eigenvalue weighted by Crippen LogP contribution is 2.25. The summed E-state index contributed by atoms with van der Waals surface area (Å²) >= 11 is 7.88. The molecule has 0 aliphatic rings. The van der Waals surface area contributed by atoms with Gasteiger partial charge in [-0.3, -0.25) is 0 Å². The molecule has 3 nitrogen and oxygen atoms in total. The first-order valence-electron chi connectivity index (χ1n) is 6.14. The number of benzene rings is 1. The van der Waals surface area contributed by atoms with E-state index in [0.717, 1.165) is 40.0 Å². The van der Waals surface area contributed by atoms with Crippen molar-refractivity contribution >= 4 is 22.9 Å². The van der Waals surface area contributed by atoms with E-state index in [1.54, 1.807) is 18.4 Å². The van der Waals surface area contributed by atoms with Crippen molar-refractivity contribution in [3.8, 4) is 5.75 Å². The van der Waals surface area contributed by atoms with E-state index >= 15 is 0 Å². The zero-order valence-corrected chi connectivity index (χ0v) is 12.6. The molecular formula is C14H17ClN2OS. The van der Waals surface area contributed by atoms with E-state index in [2.05, 4.69) is 15.7 Å². The van der Waals surface area contributed by atoms with Gasteiger partial charge in [0.15, 0.2) is 0 Å². The SMILES string of the molecule is COc1cccc(Cl)c1CNCCc1nc(C)cs1. The van der Waals surface area contributed by atoms with Gasteiger partial charge >= 0.3 is 0 Å². The topological polar surface area (TPSA) is 34.1 Å². The molecule has 0 fully saturated rings. The fourth-order valence-electron chi connectivity index (χ4n) is 1.83. The quantitative estimate of drug-likeness (QED) is 0.829. The van der Waals surface area contributed by atoms with Crippen LogP contribution in [0.4, 0.5) is 0 Å². The number of hydrogen-bond acceptors (Lipinski definition) is 4. The van der Waals surface area contributed by atoms with Crippen LogP contribution in [0.2, 0.25) is 5.02 Å². The van der Waals surface area contributed by atoms with Gasteiger partial charge < -0.3 is 10.1 Å². The first-order chi connectivity index (χ1) is 9.20. The van der Waals surface area contributed by atoms with E-state index in [0.29, 0.717) is 6.54 Å². The van der Waals surface area contributed by atoms with Gasteiger partial charge in [0, 0.05) is 41.2 Å². The van der Waals surface area contributed by atoms with Crippen molar-refractivity contribution in [2.24, 2.45) is 0 Å². The summed E-state index contributed by atoms with van der Waals surface area (Å²) in [4.78, 5) is 4.43. The average molecular weight is 297 g/mol. The molecule has 5 heteroatoms. The Kier molecular flexibility index (Phi) is 5.19. The van der Waals surface area contributed by atoms with Crippen LogP contribution in [0.15, 0.2) is 23.6 Å². The Hall–Kier alpha value is -1.10. The number of ether oxygens (including phenoxy) is 1. The van der Waals surface area contributed by atoms with Gasteiger partial charge in [-0.25, -0.2) is 4.98 Å². The molecule has 0 bridgehead atoms. The largest absolute Gasteiger partial charge is 0.496 e. The molecule has 2 aromatic rings. The lowest BCUT2D eigenvalue weighted by atomic mass is 10.2. The molecule has 19 heavy (non-hydrogen) atoms. The van der Waals surface area contributed by atoms with Gasteiger partial charge in [0.05, 0.1) is 12.1 Å². The summed E-state index contributed by atoms with van der Waals surface area (Å²) in [5.74, 6) is 0.824. The third-order valence-corrected chi connectivity index (χ3v) is 4.16. The smallest absolute Gasteiger partial charge is 0.124 e. The zero-order chi connectivity index (χ0) is 13.7. The van der Waals surface area contributed by atoms with Crippen LogP contribution in [0, 0.1) is 6.92 Å². The van der Waals surface area contributed by atoms with Crippen LogP contribution < -0.4 is 10.1 Å². The second-order valence-corrected chi connectivity index (χ2v) is 5.58. The molecule has 0 radical (unpaired) electrons. The number of methoxy groups -OCH3 is 1. The first-order valence-corrected chi connectivity index (χ1v) is 7.39. The number of nitrogens with zero attached hydrogens (tertiary/aromatic N) is 1. The molecule has 0 amide bonds. The summed E-state index contributed by atoms with van der Waals surface area (Å²) in [5, 5.41) is 7.35. The highest BCUT2D eigenvalue weighted by atomic mass is 35.5. The first kappa shape index (κ1) is 14.3. The molecule has 1 aromatic heterocycles. The molecular weight excluding hydrogens is 280 g/mol. The molecule has 0 spiro atoms. The highest BCUT2D eigenvalue weighted by molar-refractivity contribution is 7.09. The highest BCUT2D eigenvalue weighted by Gasteiger charge is 2.07. The van der Waals surface area contributed by atoms with E-state index in [1.165, 1.54) is 0 Å². The van der Waals surface area contributed by atoms with Crippen molar-refractivity contribution < 1.29 is 4.74 Å². The van der Waals surface area contributed by atoms with Crippen molar-refractivity contribution in [2.75, 3.05) is 13.7 Å². The lowest BCUT2D eigenvalue weighted by molar-refractivity contribution is 0.408. The Balaban J connectivity index is 1.86. The maximum absolute atomic E-state index is 6.18. The van der Waals surface area contributed by atoms with E-state index in [9.17, 15) is 0 Å². The predicted molar refractivity (Wildman–Crippen MR) is 80.3 cm³/mol. The van der Waals surface area contributed by atoms with E-state index < -0.39 is 0 Å². The van der Waals surface area contributed by atoms with Gasteiger partial charge in [-0.1, -0.05) is 17.7 Å². The molecule has 0 aliphatic carbocycles. The minimum absolute atomic E-state index is 0.702. The van der Waals surface area contributed by atoms with Crippen molar-refractivity contribution in [3.63, 3.8) is 0 Å². The monoisotopic (exact) mass is 296 g/mol.